The molecule has 0 saturated heterocycles. The van der Waals surface area contributed by atoms with Gasteiger partial charge in [0.25, 0.3) is 0 Å². The van der Waals surface area contributed by atoms with Crippen LogP contribution in [0.15, 0.2) is 36.4 Å². The van der Waals surface area contributed by atoms with Crippen LogP contribution in [0.1, 0.15) is 37.0 Å². The van der Waals surface area contributed by atoms with E-state index in [1.165, 1.54) is 22.4 Å². The minimum Gasteiger partial charge on any atom is -0.493 e. The van der Waals surface area contributed by atoms with Gasteiger partial charge in [-0.05, 0) is 61.1 Å². The molecule has 0 aromatic heterocycles. The number of hydrogen-bond donors (Lipinski definition) is 1. The molecular weight excluding hydrogens is 375 g/mol. The van der Waals surface area contributed by atoms with Gasteiger partial charge in [-0.2, -0.15) is 0 Å². The van der Waals surface area contributed by atoms with Crippen LogP contribution in [-0.2, 0) is 24.0 Å². The molecule has 0 aliphatic heterocycles. The van der Waals surface area contributed by atoms with E-state index < -0.39 is 0 Å². The number of nitrogens with one attached hydrogen (secondary N) is 1. The largest absolute Gasteiger partial charge is 0.493 e. The molecule has 2 aromatic rings. The van der Waals surface area contributed by atoms with E-state index in [4.69, 9.17) is 9.47 Å². The van der Waals surface area contributed by atoms with Crippen LogP contribution in [0.25, 0.3) is 0 Å². The Bertz CT molecular complexity index is 796. The number of aryl methyl sites for hydroxylation is 1. The molecule has 4 nitrogen and oxygen atoms in total. The van der Waals surface area contributed by atoms with Gasteiger partial charge >= 0.3 is 0 Å². The van der Waals surface area contributed by atoms with Crippen molar-refractivity contribution in [3.8, 4) is 11.5 Å². The third kappa shape index (κ3) is 3.84. The predicted molar refractivity (Wildman–Crippen MR) is 107 cm³/mol. The Morgan fingerprint density at radius 2 is 1.78 bits per heavy atom. The molecule has 1 radical (unpaired) electrons. The molecule has 1 N–H and O–H groups in total. The van der Waals surface area contributed by atoms with Gasteiger partial charge in [-0.1, -0.05) is 25.1 Å². The van der Waals surface area contributed by atoms with Gasteiger partial charge in [0.2, 0.25) is 0 Å². The third-order valence-electron chi connectivity index (χ3n) is 5.70. The number of rotatable bonds is 7. The van der Waals surface area contributed by atoms with E-state index in [0.29, 0.717) is 12.5 Å². The van der Waals surface area contributed by atoms with Crippen molar-refractivity contribution < 1.29 is 28.0 Å². The summed E-state index contributed by atoms with van der Waals surface area (Å²) in [7, 11) is 5.66. The first-order valence-corrected chi connectivity index (χ1v) is 9.31. The number of anilines is 1. The molecule has 0 spiro atoms. The predicted octanol–water partition coefficient (Wildman–Crippen LogP) is 4.30. The van der Waals surface area contributed by atoms with E-state index in [1.54, 1.807) is 7.11 Å². The van der Waals surface area contributed by atoms with E-state index >= 15 is 0 Å². The van der Waals surface area contributed by atoms with Crippen molar-refractivity contribution >= 4 is 5.69 Å². The first-order chi connectivity index (χ1) is 12.5. The molecule has 2 unspecified atom stereocenters. The molecule has 0 heterocycles. The van der Waals surface area contributed by atoms with E-state index in [0.717, 1.165) is 17.9 Å². The van der Waals surface area contributed by atoms with Crippen molar-refractivity contribution in [1.82, 2.24) is 5.43 Å². The van der Waals surface area contributed by atoms with Crippen LogP contribution in [0, 0.1) is 12.8 Å². The monoisotopic (exact) mass is 405 g/mol. The topological polar surface area (TPSA) is 33.7 Å². The Morgan fingerprint density at radius 1 is 1.15 bits per heavy atom. The van der Waals surface area contributed by atoms with Crippen molar-refractivity contribution in [2.24, 2.45) is 5.92 Å². The molecule has 145 valence electrons. The van der Waals surface area contributed by atoms with Crippen molar-refractivity contribution in [2.45, 2.75) is 32.6 Å². The van der Waals surface area contributed by atoms with Crippen LogP contribution in [0.5, 0.6) is 11.5 Å². The molecule has 0 amide bonds. The summed E-state index contributed by atoms with van der Waals surface area (Å²) in [6.45, 7) is 7.13. The quantitative estimate of drug-likeness (QED) is 0.697. The summed E-state index contributed by atoms with van der Waals surface area (Å²) in [6.07, 6.45) is 1.16. The van der Waals surface area contributed by atoms with Crippen LogP contribution in [-0.4, -0.2) is 27.8 Å². The fourth-order valence-electron chi connectivity index (χ4n) is 4.05. The maximum atomic E-state index is 5.81. The van der Waals surface area contributed by atoms with Crippen LogP contribution in [0.4, 0.5) is 5.69 Å². The number of methoxy groups -OCH3 is 1. The minimum atomic E-state index is 0. The summed E-state index contributed by atoms with van der Waals surface area (Å²) < 4.78 is 11.3. The molecule has 3 rings (SSSR count). The third-order valence-corrected chi connectivity index (χ3v) is 5.70. The second kappa shape index (κ2) is 8.60. The fraction of sp³-hybridized carbons (Fsp3) is 0.455. The van der Waals surface area contributed by atoms with Crippen molar-refractivity contribution in [1.29, 1.82) is 0 Å². The molecule has 2 atom stereocenters. The van der Waals surface area contributed by atoms with Gasteiger partial charge in [-0.25, -0.2) is 5.43 Å². The van der Waals surface area contributed by atoms with Crippen molar-refractivity contribution in [3.05, 3.63) is 53.1 Å². The maximum absolute atomic E-state index is 5.81. The van der Waals surface area contributed by atoms with Crippen LogP contribution in [0.2, 0.25) is 0 Å². The molecule has 2 aromatic carbocycles. The summed E-state index contributed by atoms with van der Waals surface area (Å²) >= 11 is 0. The average Bonchev–Trinajstić information content (AvgIpc) is 3.33. The smallest absolute Gasteiger partial charge is 0.161 e. The van der Waals surface area contributed by atoms with Gasteiger partial charge in [-0.15, -0.1) is 0 Å². The van der Waals surface area contributed by atoms with E-state index in [2.05, 4.69) is 49.6 Å². The van der Waals surface area contributed by atoms with Gasteiger partial charge in [0.15, 0.2) is 11.5 Å². The van der Waals surface area contributed by atoms with E-state index in [-0.39, 0.29) is 24.0 Å². The Hall–Kier alpha value is -1.62. The average molecular weight is 405 g/mol. The summed E-state index contributed by atoms with van der Waals surface area (Å²) in [4.78, 5) is 0. The standard InChI is InChI=1S/C22H30N2O2.V/c1-7-26-21-13-18(9-11-20(21)25-6)22(14-16(22)3)17-8-10-19(15(2)12-17)24(5)23-4;/h8-13,16,23H,7,14H2,1-6H3;. The van der Waals surface area contributed by atoms with Gasteiger partial charge in [0.1, 0.15) is 0 Å². The van der Waals surface area contributed by atoms with Gasteiger partial charge in [0.05, 0.1) is 19.4 Å². The zero-order valence-corrected chi connectivity index (χ0v) is 18.6. The molecule has 1 aliphatic carbocycles. The first-order valence-electron chi connectivity index (χ1n) is 9.31. The maximum Gasteiger partial charge on any atom is 0.161 e. The molecule has 27 heavy (non-hydrogen) atoms. The van der Waals surface area contributed by atoms with Crippen LogP contribution < -0.4 is 19.9 Å². The summed E-state index contributed by atoms with van der Waals surface area (Å²) in [5, 5.41) is 2.04. The Labute approximate surface area is 175 Å². The first kappa shape index (κ1) is 21.7. The van der Waals surface area contributed by atoms with Crippen molar-refractivity contribution in [2.75, 3.05) is 32.8 Å². The molecule has 1 saturated carbocycles. The molecule has 5 heteroatoms. The SMILES string of the molecule is CCOc1cc(C2(c3ccc(N(C)NC)c(C)c3)CC2C)ccc1OC.[V]. The number of nitrogens with zero attached hydrogens (tertiary/aromatic N) is 1. The Morgan fingerprint density at radius 3 is 2.30 bits per heavy atom. The Balaban J connectivity index is 0.00000261. The zero-order chi connectivity index (χ0) is 18.9. The minimum absolute atomic E-state index is 0. The molecule has 1 aliphatic rings. The van der Waals surface area contributed by atoms with Crippen molar-refractivity contribution in [3.63, 3.8) is 0 Å². The second-order valence-electron chi connectivity index (χ2n) is 7.16. The van der Waals surface area contributed by atoms with E-state index in [1.807, 2.05) is 32.1 Å². The summed E-state index contributed by atoms with van der Waals surface area (Å²) in [5.41, 5.74) is 8.40. The number of ether oxygens (including phenoxy) is 2. The molecular formula is C22H30N2O2V. The summed E-state index contributed by atoms with van der Waals surface area (Å²) in [5.74, 6) is 2.23. The fourth-order valence-corrected chi connectivity index (χ4v) is 4.05. The van der Waals surface area contributed by atoms with Crippen LogP contribution in [0.3, 0.4) is 0 Å². The second-order valence-corrected chi connectivity index (χ2v) is 7.16. The molecule has 0 bridgehead atoms. The Kier molecular flexibility index (Phi) is 6.90. The summed E-state index contributed by atoms with van der Waals surface area (Å²) in [6, 6.07) is 13.2. The zero-order valence-electron chi connectivity index (χ0n) is 17.2. The van der Waals surface area contributed by atoms with E-state index in [9.17, 15) is 0 Å². The van der Waals surface area contributed by atoms with Gasteiger partial charge < -0.3 is 14.5 Å². The number of hydrogen-bond acceptors (Lipinski definition) is 4. The van der Waals surface area contributed by atoms with Crippen LogP contribution >= 0.6 is 0 Å². The number of benzene rings is 2. The number of hydrazine groups is 1. The van der Waals surface area contributed by atoms with Gasteiger partial charge in [0, 0.05) is 38.1 Å². The molecule has 1 fully saturated rings. The van der Waals surface area contributed by atoms with Gasteiger partial charge in [-0.3, -0.25) is 0 Å². The normalized spacial score (nSPS) is 20.6.